The molecule has 0 bridgehead atoms. The highest BCUT2D eigenvalue weighted by Crippen LogP contribution is 2.18. The number of aryl methyl sites for hydroxylation is 1. The molecule has 0 saturated heterocycles. The maximum absolute atomic E-state index is 6.12. The van der Waals surface area contributed by atoms with Crippen molar-refractivity contribution < 1.29 is 0 Å². The van der Waals surface area contributed by atoms with Crippen LogP contribution in [0, 0.1) is 6.92 Å². The van der Waals surface area contributed by atoms with Crippen molar-refractivity contribution in [3.63, 3.8) is 0 Å². The number of benzene rings is 1. The molecule has 2 aromatic rings. The first-order valence-corrected chi connectivity index (χ1v) is 9.52. The molecule has 1 aromatic carbocycles. The lowest BCUT2D eigenvalue weighted by Crippen LogP contribution is -2.43. The molecular weight excluding hydrogens is 475 g/mol. The summed E-state index contributed by atoms with van der Waals surface area (Å²) in [6.45, 7) is 3.20. The minimum absolute atomic E-state index is 0. The zero-order valence-electron chi connectivity index (χ0n) is 16.2. The van der Waals surface area contributed by atoms with E-state index in [0.29, 0.717) is 12.6 Å². The standard InChI is InChI=1S/C19H27ClN6.HI/c1-14-23-24-18(26(14)3)12-21-19(22-17-9-4-5-10-17)25(2)13-15-7-6-8-16(20)11-15;/h6-8,11,17H,4-5,9-10,12-13H2,1-3H3,(H,21,22);1H. The highest BCUT2D eigenvalue weighted by atomic mass is 127. The van der Waals surface area contributed by atoms with Crippen LogP contribution in [0.25, 0.3) is 0 Å². The van der Waals surface area contributed by atoms with Gasteiger partial charge in [-0.05, 0) is 37.5 Å². The number of hydrogen-bond donors (Lipinski definition) is 1. The lowest BCUT2D eigenvalue weighted by Gasteiger charge is -2.25. The summed E-state index contributed by atoms with van der Waals surface area (Å²) in [5.41, 5.74) is 1.16. The second-order valence-corrected chi connectivity index (χ2v) is 7.41. The summed E-state index contributed by atoms with van der Waals surface area (Å²) < 4.78 is 1.98. The quantitative estimate of drug-likeness (QED) is 0.383. The molecular formula is C19H28ClIN6. The van der Waals surface area contributed by atoms with Crippen molar-refractivity contribution in [1.29, 1.82) is 0 Å². The largest absolute Gasteiger partial charge is 0.353 e. The predicted octanol–water partition coefficient (Wildman–Crippen LogP) is 3.92. The van der Waals surface area contributed by atoms with E-state index in [2.05, 4.69) is 33.5 Å². The first-order valence-electron chi connectivity index (χ1n) is 9.14. The Morgan fingerprint density at radius 3 is 2.70 bits per heavy atom. The topological polar surface area (TPSA) is 58.3 Å². The number of nitrogens with zero attached hydrogens (tertiary/aromatic N) is 5. The van der Waals surface area contributed by atoms with Gasteiger partial charge in [0.25, 0.3) is 0 Å². The Morgan fingerprint density at radius 2 is 2.07 bits per heavy atom. The Bertz CT molecular complexity index is 769. The summed E-state index contributed by atoms with van der Waals surface area (Å²) in [5, 5.41) is 12.7. The van der Waals surface area contributed by atoms with Crippen LogP contribution in [0.15, 0.2) is 29.3 Å². The van der Waals surface area contributed by atoms with Gasteiger partial charge in [-0.1, -0.05) is 36.6 Å². The predicted molar refractivity (Wildman–Crippen MR) is 121 cm³/mol. The summed E-state index contributed by atoms with van der Waals surface area (Å²) in [7, 11) is 4.03. The smallest absolute Gasteiger partial charge is 0.194 e. The van der Waals surface area contributed by atoms with Gasteiger partial charge in [0.15, 0.2) is 11.8 Å². The van der Waals surface area contributed by atoms with E-state index in [4.69, 9.17) is 16.6 Å². The molecule has 8 heteroatoms. The SMILES string of the molecule is Cc1nnc(CN=C(NC2CCCC2)N(C)Cc2cccc(Cl)c2)n1C.I. The fourth-order valence-corrected chi connectivity index (χ4v) is 3.46. The molecule has 1 aliphatic rings. The van der Waals surface area contributed by atoms with E-state index in [9.17, 15) is 0 Å². The molecule has 1 fully saturated rings. The number of guanidine groups is 1. The van der Waals surface area contributed by atoms with E-state index in [1.807, 2.05) is 36.7 Å². The van der Waals surface area contributed by atoms with Gasteiger partial charge in [0.1, 0.15) is 12.4 Å². The minimum atomic E-state index is 0. The third-order valence-electron chi connectivity index (χ3n) is 4.91. The van der Waals surface area contributed by atoms with Crippen molar-refractivity contribution in [1.82, 2.24) is 25.0 Å². The van der Waals surface area contributed by atoms with Crippen molar-refractivity contribution in [3.05, 3.63) is 46.5 Å². The second-order valence-electron chi connectivity index (χ2n) is 6.97. The van der Waals surface area contributed by atoms with Crippen molar-refractivity contribution in [2.75, 3.05) is 7.05 Å². The summed E-state index contributed by atoms with van der Waals surface area (Å²) >= 11 is 6.12. The number of hydrogen-bond acceptors (Lipinski definition) is 3. The summed E-state index contributed by atoms with van der Waals surface area (Å²) in [6, 6.07) is 8.46. The number of aliphatic imine (C=N–C) groups is 1. The van der Waals surface area contributed by atoms with Gasteiger partial charge >= 0.3 is 0 Å². The fraction of sp³-hybridized carbons (Fsp3) is 0.526. The monoisotopic (exact) mass is 502 g/mol. The molecule has 0 aliphatic heterocycles. The molecule has 1 heterocycles. The number of rotatable bonds is 5. The Hall–Kier alpha value is -1.35. The minimum Gasteiger partial charge on any atom is -0.353 e. The van der Waals surface area contributed by atoms with Crippen molar-refractivity contribution in [3.8, 4) is 0 Å². The van der Waals surface area contributed by atoms with E-state index in [1.54, 1.807) is 0 Å². The van der Waals surface area contributed by atoms with E-state index in [-0.39, 0.29) is 24.0 Å². The van der Waals surface area contributed by atoms with Crippen LogP contribution in [0.5, 0.6) is 0 Å². The van der Waals surface area contributed by atoms with E-state index in [1.165, 1.54) is 25.7 Å². The summed E-state index contributed by atoms with van der Waals surface area (Å²) in [5.74, 6) is 2.66. The van der Waals surface area contributed by atoms with Crippen LogP contribution in [0.3, 0.4) is 0 Å². The number of nitrogens with one attached hydrogen (secondary N) is 1. The van der Waals surface area contributed by atoms with Crippen LogP contribution in [0.2, 0.25) is 5.02 Å². The van der Waals surface area contributed by atoms with Gasteiger partial charge in [0.2, 0.25) is 0 Å². The van der Waals surface area contributed by atoms with Crippen LogP contribution in [-0.2, 0) is 20.1 Å². The highest BCUT2D eigenvalue weighted by Gasteiger charge is 2.18. The first-order chi connectivity index (χ1) is 12.5. The molecule has 0 unspecified atom stereocenters. The van der Waals surface area contributed by atoms with Crippen molar-refractivity contribution in [2.24, 2.45) is 12.0 Å². The van der Waals surface area contributed by atoms with Gasteiger partial charge in [-0.2, -0.15) is 0 Å². The van der Waals surface area contributed by atoms with Crippen LogP contribution in [0.4, 0.5) is 0 Å². The van der Waals surface area contributed by atoms with E-state index >= 15 is 0 Å². The third kappa shape index (κ3) is 6.07. The van der Waals surface area contributed by atoms with Crippen LogP contribution in [-0.4, -0.2) is 38.7 Å². The van der Waals surface area contributed by atoms with Crippen molar-refractivity contribution >= 4 is 41.5 Å². The zero-order chi connectivity index (χ0) is 18.5. The van der Waals surface area contributed by atoms with Crippen LogP contribution >= 0.6 is 35.6 Å². The number of aromatic nitrogens is 3. The Labute approximate surface area is 183 Å². The molecule has 1 saturated carbocycles. The molecule has 6 nitrogen and oxygen atoms in total. The Kier molecular flexibility index (Phi) is 8.34. The molecule has 1 aromatic heterocycles. The summed E-state index contributed by atoms with van der Waals surface area (Å²) in [4.78, 5) is 6.97. The fourth-order valence-electron chi connectivity index (χ4n) is 3.25. The number of halogens is 2. The van der Waals surface area contributed by atoms with E-state index in [0.717, 1.165) is 34.7 Å². The zero-order valence-corrected chi connectivity index (χ0v) is 19.2. The lowest BCUT2D eigenvalue weighted by molar-refractivity contribution is 0.456. The van der Waals surface area contributed by atoms with E-state index < -0.39 is 0 Å². The molecule has 0 radical (unpaired) electrons. The Balaban J connectivity index is 0.00000261. The normalized spacial score (nSPS) is 14.9. The molecule has 3 rings (SSSR count). The Morgan fingerprint density at radius 1 is 1.33 bits per heavy atom. The average molecular weight is 503 g/mol. The average Bonchev–Trinajstić information content (AvgIpc) is 3.23. The van der Waals surface area contributed by atoms with Gasteiger partial charge in [-0.25, -0.2) is 4.99 Å². The van der Waals surface area contributed by atoms with Gasteiger partial charge in [0.05, 0.1) is 0 Å². The van der Waals surface area contributed by atoms with Crippen molar-refractivity contribution in [2.45, 2.75) is 51.7 Å². The molecule has 1 aliphatic carbocycles. The maximum atomic E-state index is 6.12. The van der Waals surface area contributed by atoms with Gasteiger partial charge in [0, 0.05) is 31.7 Å². The third-order valence-corrected chi connectivity index (χ3v) is 5.15. The molecule has 148 valence electrons. The van der Waals surface area contributed by atoms with Crippen LogP contribution < -0.4 is 5.32 Å². The summed E-state index contributed by atoms with van der Waals surface area (Å²) in [6.07, 6.45) is 4.97. The second kappa shape index (κ2) is 10.3. The molecule has 0 atom stereocenters. The molecule has 27 heavy (non-hydrogen) atoms. The molecule has 1 N–H and O–H groups in total. The highest BCUT2D eigenvalue weighted by molar-refractivity contribution is 14.0. The van der Waals surface area contributed by atoms with Gasteiger partial charge < -0.3 is 14.8 Å². The van der Waals surface area contributed by atoms with Crippen LogP contribution in [0.1, 0.15) is 42.9 Å². The van der Waals surface area contributed by atoms with Gasteiger partial charge in [-0.15, -0.1) is 34.2 Å². The maximum Gasteiger partial charge on any atom is 0.194 e. The lowest BCUT2D eigenvalue weighted by atomic mass is 10.2. The van der Waals surface area contributed by atoms with Gasteiger partial charge in [-0.3, -0.25) is 0 Å². The molecule has 0 amide bonds. The first kappa shape index (κ1) is 21.9. The molecule has 0 spiro atoms.